The monoisotopic (exact) mass is 258 g/mol. The third-order valence-corrected chi connectivity index (χ3v) is 2.49. The van der Waals surface area contributed by atoms with Crippen LogP contribution in [0.5, 0.6) is 0 Å². The van der Waals surface area contributed by atoms with E-state index in [4.69, 9.17) is 17.3 Å². The molecule has 17 heavy (non-hydrogen) atoms. The summed E-state index contributed by atoms with van der Waals surface area (Å²) in [5, 5.41) is 10.7. The van der Waals surface area contributed by atoms with Crippen LogP contribution in [0.15, 0.2) is 18.2 Å². The first-order valence-electron chi connectivity index (χ1n) is 4.72. The Bertz CT molecular complexity index is 450. The van der Waals surface area contributed by atoms with Crippen molar-refractivity contribution in [1.29, 1.82) is 0 Å². The van der Waals surface area contributed by atoms with Gasteiger partial charge in [0.05, 0.1) is 12.0 Å². The van der Waals surface area contributed by atoms with Crippen LogP contribution in [-0.2, 0) is 16.0 Å². The maximum atomic E-state index is 11.1. The van der Waals surface area contributed by atoms with Crippen molar-refractivity contribution in [2.75, 3.05) is 7.11 Å². The minimum Gasteiger partial charge on any atom is -0.468 e. The van der Waals surface area contributed by atoms with Crippen LogP contribution in [0, 0.1) is 10.1 Å². The van der Waals surface area contributed by atoms with Gasteiger partial charge in [0.1, 0.15) is 11.1 Å². The Kier molecular flexibility index (Phi) is 4.42. The second-order valence-electron chi connectivity index (χ2n) is 3.38. The van der Waals surface area contributed by atoms with E-state index in [1.807, 2.05) is 0 Å². The van der Waals surface area contributed by atoms with E-state index in [-0.39, 0.29) is 17.1 Å². The van der Waals surface area contributed by atoms with Crippen LogP contribution in [0.1, 0.15) is 5.56 Å². The number of benzene rings is 1. The number of nitrogens with zero attached hydrogens (tertiary/aromatic N) is 1. The van der Waals surface area contributed by atoms with Crippen LogP contribution in [0.3, 0.4) is 0 Å². The quantitative estimate of drug-likeness (QED) is 0.499. The standard InChI is InChI=1S/C10H11ClN2O4/c1-17-10(14)8(12)4-6-2-3-7(11)9(5-6)13(15)16/h2-3,5,8H,4,12H2,1H3. The minimum absolute atomic E-state index is 0.0467. The number of esters is 1. The molecular formula is C10H11ClN2O4. The van der Waals surface area contributed by atoms with Crippen LogP contribution in [0.2, 0.25) is 5.02 Å². The summed E-state index contributed by atoms with van der Waals surface area (Å²) >= 11 is 5.65. The minimum atomic E-state index is -0.847. The highest BCUT2D eigenvalue weighted by Gasteiger charge is 2.17. The number of rotatable bonds is 4. The Hall–Kier alpha value is -1.66. The number of nitro groups is 1. The number of methoxy groups -OCH3 is 1. The number of hydrogen-bond donors (Lipinski definition) is 1. The fraction of sp³-hybridized carbons (Fsp3) is 0.300. The first-order valence-corrected chi connectivity index (χ1v) is 5.09. The van der Waals surface area contributed by atoms with E-state index in [2.05, 4.69) is 4.74 Å². The number of nitrogens with two attached hydrogens (primary N) is 1. The molecule has 1 atom stereocenters. The van der Waals surface area contributed by atoms with Gasteiger partial charge in [0, 0.05) is 6.07 Å². The fourth-order valence-electron chi connectivity index (χ4n) is 1.31. The van der Waals surface area contributed by atoms with Gasteiger partial charge in [-0.25, -0.2) is 0 Å². The second-order valence-corrected chi connectivity index (χ2v) is 3.78. The molecule has 1 unspecified atom stereocenters. The molecule has 0 fully saturated rings. The van der Waals surface area contributed by atoms with Crippen molar-refractivity contribution in [3.63, 3.8) is 0 Å². The van der Waals surface area contributed by atoms with Gasteiger partial charge in [0.2, 0.25) is 0 Å². The Morgan fingerprint density at radius 1 is 1.65 bits per heavy atom. The van der Waals surface area contributed by atoms with Gasteiger partial charge >= 0.3 is 5.97 Å². The summed E-state index contributed by atoms with van der Waals surface area (Å²) in [5.74, 6) is -0.567. The SMILES string of the molecule is COC(=O)C(N)Cc1ccc(Cl)c([N+](=O)[O-])c1. The molecule has 0 aliphatic carbocycles. The largest absolute Gasteiger partial charge is 0.468 e. The molecule has 0 aliphatic rings. The number of nitro benzene ring substituents is 1. The number of hydrogen-bond acceptors (Lipinski definition) is 5. The van der Waals surface area contributed by atoms with Gasteiger partial charge in [-0.2, -0.15) is 0 Å². The predicted molar refractivity (Wildman–Crippen MR) is 61.8 cm³/mol. The highest BCUT2D eigenvalue weighted by Crippen LogP contribution is 2.25. The lowest BCUT2D eigenvalue weighted by atomic mass is 10.1. The van der Waals surface area contributed by atoms with Gasteiger partial charge in [-0.15, -0.1) is 0 Å². The average Bonchev–Trinajstić information content (AvgIpc) is 2.30. The molecular weight excluding hydrogens is 248 g/mol. The van der Waals surface area contributed by atoms with Crippen LogP contribution < -0.4 is 5.73 Å². The maximum absolute atomic E-state index is 11.1. The molecule has 0 radical (unpaired) electrons. The van der Waals surface area contributed by atoms with Crippen LogP contribution >= 0.6 is 11.6 Å². The van der Waals surface area contributed by atoms with E-state index in [1.165, 1.54) is 19.2 Å². The summed E-state index contributed by atoms with van der Waals surface area (Å²) in [7, 11) is 1.23. The van der Waals surface area contributed by atoms with E-state index in [0.29, 0.717) is 5.56 Å². The van der Waals surface area contributed by atoms with Crippen molar-refractivity contribution in [3.8, 4) is 0 Å². The number of ether oxygens (including phenoxy) is 1. The first kappa shape index (κ1) is 13.4. The van der Waals surface area contributed by atoms with E-state index >= 15 is 0 Å². The van der Waals surface area contributed by atoms with Gasteiger partial charge in [-0.3, -0.25) is 14.9 Å². The molecule has 0 bridgehead atoms. The van der Waals surface area contributed by atoms with Gasteiger partial charge in [-0.05, 0) is 18.1 Å². The molecule has 0 aliphatic heterocycles. The number of halogens is 1. The molecule has 0 amide bonds. The fourth-order valence-corrected chi connectivity index (χ4v) is 1.50. The summed E-state index contributed by atoms with van der Waals surface area (Å²) in [4.78, 5) is 21.2. The maximum Gasteiger partial charge on any atom is 0.322 e. The van der Waals surface area contributed by atoms with Gasteiger partial charge < -0.3 is 10.5 Å². The number of carbonyl (C=O) groups excluding carboxylic acids is 1. The molecule has 1 aromatic rings. The smallest absolute Gasteiger partial charge is 0.322 e. The van der Waals surface area contributed by atoms with Gasteiger partial charge in [0.15, 0.2) is 0 Å². The first-order chi connectivity index (χ1) is 7.95. The molecule has 6 nitrogen and oxygen atoms in total. The van der Waals surface area contributed by atoms with E-state index in [0.717, 1.165) is 0 Å². The lowest BCUT2D eigenvalue weighted by molar-refractivity contribution is -0.384. The van der Waals surface area contributed by atoms with Gasteiger partial charge in [0.25, 0.3) is 5.69 Å². The van der Waals surface area contributed by atoms with Crippen molar-refractivity contribution < 1.29 is 14.5 Å². The van der Waals surface area contributed by atoms with Crippen molar-refractivity contribution in [3.05, 3.63) is 38.9 Å². The van der Waals surface area contributed by atoms with Crippen molar-refractivity contribution in [2.45, 2.75) is 12.5 Å². The van der Waals surface area contributed by atoms with E-state index in [1.54, 1.807) is 6.07 Å². The third kappa shape index (κ3) is 3.40. The predicted octanol–water partition coefficient (Wildman–Crippen LogP) is 1.29. The van der Waals surface area contributed by atoms with Crippen molar-refractivity contribution in [2.24, 2.45) is 5.73 Å². The average molecular weight is 259 g/mol. The molecule has 1 rings (SSSR count). The Morgan fingerprint density at radius 3 is 2.82 bits per heavy atom. The summed E-state index contributed by atoms with van der Waals surface area (Å²) < 4.78 is 4.46. The Labute approximate surface area is 102 Å². The third-order valence-electron chi connectivity index (χ3n) is 2.17. The molecule has 7 heteroatoms. The van der Waals surface area contributed by atoms with E-state index < -0.39 is 16.9 Å². The Morgan fingerprint density at radius 2 is 2.29 bits per heavy atom. The highest BCUT2D eigenvalue weighted by atomic mass is 35.5. The molecule has 2 N–H and O–H groups in total. The van der Waals surface area contributed by atoms with Crippen LogP contribution in [0.4, 0.5) is 5.69 Å². The lowest BCUT2D eigenvalue weighted by Gasteiger charge is -2.09. The van der Waals surface area contributed by atoms with E-state index in [9.17, 15) is 14.9 Å². The Balaban J connectivity index is 2.90. The molecule has 0 aromatic heterocycles. The summed E-state index contributed by atoms with van der Waals surface area (Å²) in [6.45, 7) is 0. The molecule has 0 heterocycles. The topological polar surface area (TPSA) is 95.5 Å². The molecule has 0 saturated carbocycles. The van der Waals surface area contributed by atoms with Crippen molar-refractivity contribution in [1.82, 2.24) is 0 Å². The zero-order valence-electron chi connectivity index (χ0n) is 9.05. The zero-order chi connectivity index (χ0) is 13.0. The zero-order valence-corrected chi connectivity index (χ0v) is 9.81. The molecule has 92 valence electrons. The highest BCUT2D eigenvalue weighted by molar-refractivity contribution is 6.32. The molecule has 0 spiro atoms. The summed E-state index contributed by atoms with van der Waals surface area (Å²) in [6, 6.07) is 3.43. The summed E-state index contributed by atoms with van der Waals surface area (Å²) in [6.07, 6.45) is 0.157. The number of carbonyl (C=O) groups is 1. The van der Waals surface area contributed by atoms with Crippen LogP contribution in [-0.4, -0.2) is 24.0 Å². The molecule has 1 aromatic carbocycles. The second kappa shape index (κ2) is 5.60. The summed E-state index contributed by atoms with van der Waals surface area (Å²) in [5.41, 5.74) is 5.89. The van der Waals surface area contributed by atoms with Crippen molar-refractivity contribution >= 4 is 23.3 Å². The normalized spacial score (nSPS) is 11.9. The van der Waals surface area contributed by atoms with Gasteiger partial charge in [-0.1, -0.05) is 17.7 Å². The lowest BCUT2D eigenvalue weighted by Crippen LogP contribution is -2.33. The molecule has 0 saturated heterocycles. The van der Waals surface area contributed by atoms with Crippen LogP contribution in [0.25, 0.3) is 0 Å².